The number of anilines is 1. The molecule has 0 spiro atoms. The van der Waals surface area contributed by atoms with Crippen LogP contribution < -0.4 is 10.1 Å². The molecule has 0 aliphatic rings. The Morgan fingerprint density at radius 3 is 2.24 bits per heavy atom. The summed E-state index contributed by atoms with van der Waals surface area (Å²) in [7, 11) is 0. The molecule has 29 heavy (non-hydrogen) atoms. The normalized spacial score (nSPS) is 10.7. The molecule has 8 nitrogen and oxygen atoms in total. The third-order valence-corrected chi connectivity index (χ3v) is 4.19. The zero-order valence-corrected chi connectivity index (χ0v) is 16.9. The van der Waals surface area contributed by atoms with Crippen LogP contribution in [0.3, 0.4) is 0 Å². The van der Waals surface area contributed by atoms with Crippen molar-refractivity contribution in [2.24, 2.45) is 0 Å². The summed E-state index contributed by atoms with van der Waals surface area (Å²) in [5.41, 5.74) is 0.543. The van der Waals surface area contributed by atoms with E-state index >= 15 is 0 Å². The average Bonchev–Trinajstić information content (AvgIpc) is 2.67. The molecule has 2 amide bonds. The molecule has 0 aliphatic carbocycles. The molecule has 2 aromatic rings. The average molecular weight is 399 g/mol. The van der Waals surface area contributed by atoms with Crippen LogP contribution in [-0.2, 0) is 4.79 Å². The molecule has 0 aromatic heterocycles. The van der Waals surface area contributed by atoms with Crippen molar-refractivity contribution in [1.29, 1.82) is 0 Å². The number of nitro groups is 1. The summed E-state index contributed by atoms with van der Waals surface area (Å²) in [6.45, 7) is 7.75. The molecule has 0 saturated heterocycles. The molecule has 154 valence electrons. The zero-order valence-electron chi connectivity index (χ0n) is 16.9. The van der Waals surface area contributed by atoms with Crippen molar-refractivity contribution in [2.75, 3.05) is 11.9 Å². The van der Waals surface area contributed by atoms with Gasteiger partial charge in [-0.3, -0.25) is 19.7 Å². The molecule has 8 heteroatoms. The Balaban J connectivity index is 1.96. The topological polar surface area (TPSA) is 102 Å². The standard InChI is InChI=1S/C21H25N3O5/c1-14(2)23(15(3)4)20(25)13-29-19-10-8-17(9-11-19)22-21(26)16-6-5-7-18(12-16)24(27)28/h5-12,14-15H,13H2,1-4H3,(H,22,26). The van der Waals surface area contributed by atoms with Crippen LogP contribution in [0.1, 0.15) is 38.1 Å². The molecule has 0 atom stereocenters. The van der Waals surface area contributed by atoms with Gasteiger partial charge in [-0.1, -0.05) is 6.07 Å². The molecule has 1 N–H and O–H groups in total. The quantitative estimate of drug-likeness (QED) is 0.536. The van der Waals surface area contributed by atoms with Crippen LogP contribution in [0.5, 0.6) is 5.75 Å². The van der Waals surface area contributed by atoms with E-state index in [1.165, 1.54) is 24.3 Å². The van der Waals surface area contributed by atoms with Crippen molar-refractivity contribution in [3.63, 3.8) is 0 Å². The van der Waals surface area contributed by atoms with Crippen molar-refractivity contribution in [3.05, 3.63) is 64.2 Å². The summed E-state index contributed by atoms with van der Waals surface area (Å²) < 4.78 is 5.56. The number of carbonyl (C=O) groups excluding carboxylic acids is 2. The van der Waals surface area contributed by atoms with Crippen LogP contribution in [0, 0.1) is 10.1 Å². The first-order chi connectivity index (χ1) is 13.7. The van der Waals surface area contributed by atoms with Gasteiger partial charge in [-0.05, 0) is 58.0 Å². The molecule has 0 saturated carbocycles. The maximum absolute atomic E-state index is 12.3. The van der Waals surface area contributed by atoms with Crippen LogP contribution >= 0.6 is 0 Å². The smallest absolute Gasteiger partial charge is 0.270 e. The highest BCUT2D eigenvalue weighted by molar-refractivity contribution is 6.04. The number of carbonyl (C=O) groups is 2. The van der Waals surface area contributed by atoms with Crippen molar-refractivity contribution in [2.45, 2.75) is 39.8 Å². The van der Waals surface area contributed by atoms with Crippen LogP contribution in [0.4, 0.5) is 11.4 Å². The van der Waals surface area contributed by atoms with Gasteiger partial charge in [0.15, 0.2) is 6.61 Å². The lowest BCUT2D eigenvalue weighted by molar-refractivity contribution is -0.384. The number of amides is 2. The van der Waals surface area contributed by atoms with E-state index < -0.39 is 10.8 Å². The second kappa shape index (κ2) is 9.68. The number of hydrogen-bond acceptors (Lipinski definition) is 5. The summed E-state index contributed by atoms with van der Waals surface area (Å²) in [4.78, 5) is 36.7. The fraction of sp³-hybridized carbons (Fsp3) is 0.333. The Morgan fingerprint density at radius 1 is 1.07 bits per heavy atom. The molecular formula is C21H25N3O5. The lowest BCUT2D eigenvalue weighted by Gasteiger charge is -2.30. The Morgan fingerprint density at radius 2 is 1.69 bits per heavy atom. The molecule has 0 heterocycles. The van der Waals surface area contributed by atoms with Crippen LogP contribution in [0.25, 0.3) is 0 Å². The first kappa shape index (κ1) is 21.9. The number of non-ortho nitro benzene ring substituents is 1. The highest BCUT2D eigenvalue weighted by Crippen LogP contribution is 2.18. The molecule has 2 aromatic carbocycles. The lowest BCUT2D eigenvalue weighted by atomic mass is 10.2. The van der Waals surface area contributed by atoms with Gasteiger partial charge < -0.3 is 15.0 Å². The van der Waals surface area contributed by atoms with E-state index in [1.54, 1.807) is 29.2 Å². The van der Waals surface area contributed by atoms with Crippen LogP contribution in [0.15, 0.2) is 48.5 Å². The van der Waals surface area contributed by atoms with Crippen molar-refractivity contribution in [1.82, 2.24) is 4.90 Å². The van der Waals surface area contributed by atoms with E-state index in [0.29, 0.717) is 11.4 Å². The summed E-state index contributed by atoms with van der Waals surface area (Å²) >= 11 is 0. The number of hydrogen-bond donors (Lipinski definition) is 1. The number of nitrogens with one attached hydrogen (secondary N) is 1. The Kier molecular flexibility index (Phi) is 7.30. The highest BCUT2D eigenvalue weighted by atomic mass is 16.6. The monoisotopic (exact) mass is 399 g/mol. The fourth-order valence-electron chi connectivity index (χ4n) is 2.99. The minimum atomic E-state index is -0.552. The van der Waals surface area contributed by atoms with Gasteiger partial charge in [0.25, 0.3) is 17.5 Å². The number of ether oxygens (including phenoxy) is 1. The van der Waals surface area contributed by atoms with Gasteiger partial charge in [-0.2, -0.15) is 0 Å². The molecule has 2 rings (SSSR count). The van der Waals surface area contributed by atoms with Gasteiger partial charge >= 0.3 is 0 Å². The Labute approximate surface area is 169 Å². The Bertz CT molecular complexity index is 870. The summed E-state index contributed by atoms with van der Waals surface area (Å²) in [5, 5.41) is 13.5. The molecule has 0 aliphatic heterocycles. The zero-order chi connectivity index (χ0) is 21.6. The van der Waals surface area contributed by atoms with Gasteiger partial charge in [0.2, 0.25) is 0 Å². The van der Waals surface area contributed by atoms with Crippen molar-refractivity contribution < 1.29 is 19.2 Å². The molecule has 0 radical (unpaired) electrons. The number of nitrogens with zero attached hydrogens (tertiary/aromatic N) is 2. The van der Waals surface area contributed by atoms with Gasteiger partial charge in [0, 0.05) is 35.5 Å². The van der Waals surface area contributed by atoms with E-state index in [2.05, 4.69) is 5.32 Å². The van der Waals surface area contributed by atoms with Gasteiger partial charge in [-0.25, -0.2) is 0 Å². The van der Waals surface area contributed by atoms with Crippen molar-refractivity contribution in [3.8, 4) is 5.75 Å². The number of benzene rings is 2. The van der Waals surface area contributed by atoms with E-state index in [9.17, 15) is 19.7 Å². The third kappa shape index (κ3) is 6.03. The maximum atomic E-state index is 12.3. The highest BCUT2D eigenvalue weighted by Gasteiger charge is 2.20. The first-order valence-electron chi connectivity index (χ1n) is 9.29. The van der Waals surface area contributed by atoms with Gasteiger partial charge in [0.1, 0.15) is 5.75 Å². The second-order valence-electron chi connectivity index (χ2n) is 7.06. The summed E-state index contributed by atoms with van der Waals surface area (Å²) in [6.07, 6.45) is 0. The minimum absolute atomic E-state index is 0.0737. The largest absolute Gasteiger partial charge is 0.484 e. The molecule has 0 bridgehead atoms. The maximum Gasteiger partial charge on any atom is 0.270 e. The van der Waals surface area contributed by atoms with Crippen LogP contribution in [-0.4, -0.2) is 40.3 Å². The van der Waals surface area contributed by atoms with E-state index in [4.69, 9.17) is 4.74 Å². The van der Waals surface area contributed by atoms with E-state index in [-0.39, 0.29) is 35.8 Å². The molecule has 0 fully saturated rings. The predicted octanol–water partition coefficient (Wildman–Crippen LogP) is 3.87. The third-order valence-electron chi connectivity index (χ3n) is 4.19. The van der Waals surface area contributed by atoms with Gasteiger partial charge in [-0.15, -0.1) is 0 Å². The number of nitro benzene ring substituents is 1. The fourth-order valence-corrected chi connectivity index (χ4v) is 2.99. The number of rotatable bonds is 8. The Hall–Kier alpha value is -3.42. The summed E-state index contributed by atoms with van der Waals surface area (Å²) in [5.74, 6) is -0.0562. The SMILES string of the molecule is CC(C)N(C(=O)COc1ccc(NC(=O)c2cccc([N+](=O)[O-])c2)cc1)C(C)C. The van der Waals surface area contributed by atoms with Crippen LogP contribution in [0.2, 0.25) is 0 Å². The predicted molar refractivity (Wildman–Crippen MR) is 110 cm³/mol. The first-order valence-corrected chi connectivity index (χ1v) is 9.29. The second-order valence-corrected chi connectivity index (χ2v) is 7.06. The molecular weight excluding hydrogens is 374 g/mol. The lowest BCUT2D eigenvalue weighted by Crippen LogP contribution is -2.44. The van der Waals surface area contributed by atoms with E-state index in [0.717, 1.165) is 0 Å². The van der Waals surface area contributed by atoms with E-state index in [1.807, 2.05) is 27.7 Å². The summed E-state index contributed by atoms with van der Waals surface area (Å²) in [6, 6.07) is 12.2. The molecule has 0 unspecified atom stereocenters. The van der Waals surface area contributed by atoms with Crippen molar-refractivity contribution >= 4 is 23.2 Å². The minimum Gasteiger partial charge on any atom is -0.484 e. The van der Waals surface area contributed by atoms with Gasteiger partial charge in [0.05, 0.1) is 4.92 Å².